The fraction of sp³-hybridized carbons (Fsp3) is 0.0667. The summed E-state index contributed by atoms with van der Waals surface area (Å²) in [6.45, 7) is 0. The number of benzene rings is 2. The van der Waals surface area contributed by atoms with Gasteiger partial charge in [0.1, 0.15) is 11.3 Å². The smallest absolute Gasteiger partial charge is 0.129 e. The zero-order valence-electron chi connectivity index (χ0n) is 10.6. The molecule has 0 fully saturated rings. The Morgan fingerprint density at radius 1 is 1.29 bits per heavy atom. The first-order chi connectivity index (χ1) is 10.2. The number of fused-ring (bicyclic) bond motifs is 1. The third-order valence-corrected chi connectivity index (χ3v) is 4.32. The fourth-order valence-electron chi connectivity index (χ4n) is 2.23. The van der Waals surface area contributed by atoms with Crippen molar-refractivity contribution in [1.29, 1.82) is 5.26 Å². The molecule has 1 aromatic heterocycles. The number of nitriles is 1. The van der Waals surface area contributed by atoms with Gasteiger partial charge in [0.15, 0.2) is 0 Å². The molecule has 3 aromatic rings. The van der Waals surface area contributed by atoms with Crippen molar-refractivity contribution in [2.75, 3.05) is 0 Å². The molecule has 0 aliphatic heterocycles. The zero-order valence-corrected chi connectivity index (χ0v) is 13.7. The number of imidazole rings is 1. The van der Waals surface area contributed by atoms with E-state index in [9.17, 15) is 0 Å². The van der Waals surface area contributed by atoms with Gasteiger partial charge in [-0.2, -0.15) is 5.26 Å². The Bertz CT molecular complexity index is 880. The van der Waals surface area contributed by atoms with E-state index in [0.717, 1.165) is 15.7 Å². The van der Waals surface area contributed by atoms with Crippen LogP contribution in [0.4, 0.5) is 0 Å². The van der Waals surface area contributed by atoms with Crippen LogP contribution < -0.4 is 0 Å². The lowest BCUT2D eigenvalue weighted by atomic mass is 10.2. The maximum atomic E-state index is 8.96. The van der Waals surface area contributed by atoms with E-state index < -0.39 is 0 Å². The van der Waals surface area contributed by atoms with E-state index in [1.54, 1.807) is 18.2 Å². The van der Waals surface area contributed by atoms with Gasteiger partial charge < -0.3 is 0 Å². The molecule has 6 heteroatoms. The van der Waals surface area contributed by atoms with Crippen LogP contribution in [0.2, 0.25) is 5.02 Å². The average Bonchev–Trinajstić information content (AvgIpc) is 2.87. The molecule has 1 heterocycles. The van der Waals surface area contributed by atoms with Gasteiger partial charge in [0, 0.05) is 4.47 Å². The molecule has 0 unspecified atom stereocenters. The Hall–Kier alpha value is -1.54. The molecule has 0 saturated heterocycles. The van der Waals surface area contributed by atoms with Crippen molar-refractivity contribution in [3.63, 3.8) is 0 Å². The minimum absolute atomic E-state index is 0.261. The third-order valence-electron chi connectivity index (χ3n) is 3.14. The molecule has 3 rings (SSSR count). The molecule has 0 spiro atoms. The molecule has 0 aliphatic rings. The molecule has 0 saturated carbocycles. The minimum Gasteiger partial charge on any atom is -0.294 e. The van der Waals surface area contributed by atoms with Crippen LogP contribution in [0.5, 0.6) is 0 Å². The maximum Gasteiger partial charge on any atom is 0.129 e. The summed E-state index contributed by atoms with van der Waals surface area (Å²) in [7, 11) is 0. The topological polar surface area (TPSA) is 41.6 Å². The first-order valence-electron chi connectivity index (χ1n) is 6.07. The van der Waals surface area contributed by atoms with Crippen molar-refractivity contribution in [3.05, 3.63) is 57.3 Å². The second kappa shape index (κ2) is 5.69. The summed E-state index contributed by atoms with van der Waals surface area (Å²) < 4.78 is 2.74. The van der Waals surface area contributed by atoms with Gasteiger partial charge in [0.2, 0.25) is 0 Å². The summed E-state index contributed by atoms with van der Waals surface area (Å²) >= 11 is 15.7. The molecule has 104 valence electrons. The Kier molecular flexibility index (Phi) is 3.90. The summed E-state index contributed by atoms with van der Waals surface area (Å²) in [6, 6.07) is 13.1. The Labute approximate surface area is 139 Å². The highest BCUT2D eigenvalue weighted by molar-refractivity contribution is 9.10. The number of hydrogen-bond donors (Lipinski definition) is 0. The number of rotatable bonds is 2. The number of aromatic nitrogens is 2. The third kappa shape index (κ3) is 2.42. The number of hydrogen-bond acceptors (Lipinski definition) is 2. The van der Waals surface area contributed by atoms with Gasteiger partial charge in [-0.1, -0.05) is 17.7 Å². The van der Waals surface area contributed by atoms with Crippen molar-refractivity contribution >= 4 is 50.2 Å². The van der Waals surface area contributed by atoms with Crippen LogP contribution >= 0.6 is 39.1 Å². The molecule has 0 amide bonds. The van der Waals surface area contributed by atoms with Crippen molar-refractivity contribution in [2.24, 2.45) is 0 Å². The summed E-state index contributed by atoms with van der Waals surface area (Å²) in [5.74, 6) is 0.961. The predicted octanol–water partition coefficient (Wildman–Crippen LogP) is 5.05. The molecular weight excluding hydrogens is 373 g/mol. The van der Waals surface area contributed by atoms with Crippen LogP contribution in [-0.2, 0) is 5.88 Å². The molecule has 3 nitrogen and oxygen atoms in total. The van der Waals surface area contributed by atoms with Gasteiger partial charge in [-0.15, -0.1) is 11.6 Å². The monoisotopic (exact) mass is 379 g/mol. The van der Waals surface area contributed by atoms with Crippen LogP contribution in [0.15, 0.2) is 40.9 Å². The SMILES string of the molecule is N#Cc1ccc(-n2c(CCl)nc3c(Cl)cccc32)c(Br)c1. The van der Waals surface area contributed by atoms with Gasteiger partial charge in [-0.3, -0.25) is 4.57 Å². The lowest BCUT2D eigenvalue weighted by molar-refractivity contribution is 0.977. The van der Waals surface area contributed by atoms with Crippen LogP contribution in [0.1, 0.15) is 11.4 Å². The molecule has 0 atom stereocenters. The first kappa shape index (κ1) is 14.4. The number of nitrogens with zero attached hydrogens (tertiary/aromatic N) is 3. The van der Waals surface area contributed by atoms with E-state index in [0.29, 0.717) is 21.9 Å². The molecule has 2 aromatic carbocycles. The number of halogens is 3. The predicted molar refractivity (Wildman–Crippen MR) is 88.1 cm³/mol. The average molecular weight is 381 g/mol. The summed E-state index contributed by atoms with van der Waals surface area (Å²) in [5.41, 5.74) is 3.05. The molecular formula is C15H8BrCl2N3. The number of para-hydroxylation sites is 1. The lowest BCUT2D eigenvalue weighted by Gasteiger charge is -2.10. The normalized spacial score (nSPS) is 10.8. The van der Waals surface area contributed by atoms with E-state index in [4.69, 9.17) is 28.5 Å². The standard InChI is InChI=1S/C15H8BrCl2N3/c16-10-6-9(8-19)4-5-12(10)21-13-3-1-2-11(18)15(13)20-14(21)7-17/h1-6H,7H2. The van der Waals surface area contributed by atoms with Gasteiger partial charge in [0.05, 0.1) is 33.7 Å². The van der Waals surface area contributed by atoms with E-state index in [1.165, 1.54) is 0 Å². The maximum absolute atomic E-state index is 8.96. The van der Waals surface area contributed by atoms with Crippen molar-refractivity contribution in [3.8, 4) is 11.8 Å². The molecule has 0 radical (unpaired) electrons. The van der Waals surface area contributed by atoms with Crippen LogP contribution in [0.25, 0.3) is 16.7 Å². The van der Waals surface area contributed by atoms with E-state index in [2.05, 4.69) is 27.0 Å². The largest absolute Gasteiger partial charge is 0.294 e. The zero-order chi connectivity index (χ0) is 15.0. The second-order valence-electron chi connectivity index (χ2n) is 4.38. The lowest BCUT2D eigenvalue weighted by Crippen LogP contribution is -2.00. The summed E-state index contributed by atoms with van der Waals surface area (Å²) in [5, 5.41) is 9.55. The fourth-order valence-corrected chi connectivity index (χ4v) is 3.18. The van der Waals surface area contributed by atoms with E-state index >= 15 is 0 Å². The molecule has 21 heavy (non-hydrogen) atoms. The van der Waals surface area contributed by atoms with E-state index in [-0.39, 0.29) is 5.88 Å². The van der Waals surface area contributed by atoms with Gasteiger partial charge >= 0.3 is 0 Å². The highest BCUT2D eigenvalue weighted by Crippen LogP contribution is 2.31. The molecule has 0 bridgehead atoms. The summed E-state index contributed by atoms with van der Waals surface area (Å²) in [4.78, 5) is 4.50. The highest BCUT2D eigenvalue weighted by Gasteiger charge is 2.15. The van der Waals surface area contributed by atoms with Crippen LogP contribution in [0, 0.1) is 11.3 Å². The van der Waals surface area contributed by atoms with Crippen LogP contribution in [-0.4, -0.2) is 9.55 Å². The first-order valence-corrected chi connectivity index (χ1v) is 7.78. The minimum atomic E-state index is 0.261. The van der Waals surface area contributed by atoms with E-state index in [1.807, 2.05) is 22.8 Å². The van der Waals surface area contributed by atoms with Crippen molar-refractivity contribution in [1.82, 2.24) is 9.55 Å². The second-order valence-corrected chi connectivity index (χ2v) is 5.91. The van der Waals surface area contributed by atoms with Crippen molar-refractivity contribution < 1.29 is 0 Å². The Morgan fingerprint density at radius 2 is 2.10 bits per heavy atom. The Morgan fingerprint density at radius 3 is 2.76 bits per heavy atom. The van der Waals surface area contributed by atoms with Crippen LogP contribution in [0.3, 0.4) is 0 Å². The highest BCUT2D eigenvalue weighted by atomic mass is 79.9. The summed E-state index contributed by atoms with van der Waals surface area (Å²) in [6.07, 6.45) is 0. The Balaban J connectivity index is 2.34. The molecule has 0 aliphatic carbocycles. The van der Waals surface area contributed by atoms with Crippen molar-refractivity contribution in [2.45, 2.75) is 5.88 Å². The number of alkyl halides is 1. The van der Waals surface area contributed by atoms with Gasteiger partial charge in [-0.05, 0) is 46.3 Å². The quantitative estimate of drug-likeness (QED) is 0.583. The van der Waals surface area contributed by atoms with Gasteiger partial charge in [0.25, 0.3) is 0 Å². The molecule has 0 N–H and O–H groups in total. The van der Waals surface area contributed by atoms with Gasteiger partial charge in [-0.25, -0.2) is 4.98 Å².